The highest BCUT2D eigenvalue weighted by molar-refractivity contribution is 5.90. The van der Waals surface area contributed by atoms with Crippen molar-refractivity contribution < 1.29 is 24.7 Å². The Labute approximate surface area is 138 Å². The maximum absolute atomic E-state index is 11.9. The molecule has 0 saturated heterocycles. The zero-order valence-electron chi connectivity index (χ0n) is 13.4. The fourth-order valence-electron chi connectivity index (χ4n) is 1.97. The molecule has 24 heavy (non-hydrogen) atoms. The molecule has 0 aliphatic carbocycles. The van der Waals surface area contributed by atoms with Gasteiger partial charge in [0.2, 0.25) is 5.91 Å². The Morgan fingerprint density at radius 3 is 2.25 bits per heavy atom. The van der Waals surface area contributed by atoms with E-state index in [1.54, 1.807) is 13.8 Å². The Morgan fingerprint density at radius 1 is 1.25 bits per heavy atom. The minimum atomic E-state index is -1.70. The molecular formula is C15H21N3O6. The van der Waals surface area contributed by atoms with Crippen LogP contribution in [-0.4, -0.2) is 39.1 Å². The number of hydrogen-bond donors (Lipinski definition) is 4. The second-order valence-electron chi connectivity index (χ2n) is 5.79. The lowest BCUT2D eigenvalue weighted by atomic mass is 10.0. The molecule has 9 heteroatoms. The van der Waals surface area contributed by atoms with Crippen LogP contribution in [0.2, 0.25) is 0 Å². The minimum absolute atomic E-state index is 0.0171. The topological polar surface area (TPSA) is 156 Å². The number of carbonyl (C=O) groups excluding carboxylic acids is 2. The van der Waals surface area contributed by atoms with E-state index in [2.05, 4.69) is 0 Å². The molecule has 3 atom stereocenters. The van der Waals surface area contributed by atoms with Gasteiger partial charge in [-0.05, 0) is 23.6 Å². The van der Waals surface area contributed by atoms with Gasteiger partial charge in [0.1, 0.15) is 12.1 Å². The van der Waals surface area contributed by atoms with E-state index in [0.717, 1.165) is 0 Å². The van der Waals surface area contributed by atoms with Crippen molar-refractivity contribution in [2.75, 3.05) is 0 Å². The van der Waals surface area contributed by atoms with Crippen molar-refractivity contribution in [2.24, 2.45) is 11.7 Å². The van der Waals surface area contributed by atoms with Crippen LogP contribution in [0.3, 0.4) is 0 Å². The van der Waals surface area contributed by atoms with Gasteiger partial charge in [-0.15, -0.1) is 0 Å². The number of nitrogens with zero attached hydrogens (tertiary/aromatic N) is 1. The predicted molar refractivity (Wildman–Crippen MR) is 84.6 cm³/mol. The molecule has 0 saturated carbocycles. The van der Waals surface area contributed by atoms with Crippen LogP contribution < -0.4 is 11.1 Å². The van der Waals surface area contributed by atoms with E-state index < -0.39 is 35.0 Å². The zero-order chi connectivity index (χ0) is 18.4. The summed E-state index contributed by atoms with van der Waals surface area (Å²) in [7, 11) is 0. The number of aliphatic hydroxyl groups is 2. The summed E-state index contributed by atoms with van der Waals surface area (Å²) in [5.41, 5.74) is 5.65. The number of ketones is 1. The SMILES string of the molecule is CC(C)CC(=O)[C@H](O)NC(=O)[C@H](N)[C@@H](O)c1ccc([N+](=O)[O-])cc1. The van der Waals surface area contributed by atoms with E-state index in [4.69, 9.17) is 5.73 Å². The number of Topliss-reactive ketones (excluding diaryl/α,β-unsaturated/α-hetero) is 1. The molecule has 9 nitrogen and oxygen atoms in total. The average molecular weight is 339 g/mol. The number of nitro groups is 1. The highest BCUT2D eigenvalue weighted by atomic mass is 16.6. The number of hydrogen-bond acceptors (Lipinski definition) is 7. The van der Waals surface area contributed by atoms with Crippen molar-refractivity contribution >= 4 is 17.4 Å². The Kier molecular flexibility index (Phi) is 6.96. The molecule has 1 amide bonds. The van der Waals surface area contributed by atoms with Crippen LogP contribution in [0.1, 0.15) is 31.9 Å². The van der Waals surface area contributed by atoms with Crippen molar-refractivity contribution in [3.8, 4) is 0 Å². The summed E-state index contributed by atoms with van der Waals surface area (Å²) in [6.07, 6.45) is -3.06. The lowest BCUT2D eigenvalue weighted by Crippen LogP contribution is -2.50. The van der Waals surface area contributed by atoms with Crippen molar-refractivity contribution in [1.29, 1.82) is 0 Å². The van der Waals surface area contributed by atoms with Crippen LogP contribution in [0.15, 0.2) is 24.3 Å². The van der Waals surface area contributed by atoms with Crippen LogP contribution in [-0.2, 0) is 9.59 Å². The van der Waals surface area contributed by atoms with Gasteiger partial charge < -0.3 is 21.3 Å². The molecule has 0 unspecified atom stereocenters. The summed E-state index contributed by atoms with van der Waals surface area (Å²) in [4.78, 5) is 33.5. The molecule has 0 aliphatic rings. The van der Waals surface area contributed by atoms with Gasteiger partial charge in [-0.1, -0.05) is 13.8 Å². The number of nitrogens with one attached hydrogen (secondary N) is 1. The molecule has 0 heterocycles. The second-order valence-corrected chi connectivity index (χ2v) is 5.79. The molecule has 1 aromatic rings. The Hall–Kier alpha value is -2.36. The quantitative estimate of drug-likeness (QED) is 0.295. The van der Waals surface area contributed by atoms with Gasteiger partial charge >= 0.3 is 0 Å². The summed E-state index contributed by atoms with van der Waals surface area (Å²) < 4.78 is 0. The van der Waals surface area contributed by atoms with Crippen LogP contribution in [0.5, 0.6) is 0 Å². The zero-order valence-corrected chi connectivity index (χ0v) is 13.4. The molecule has 0 spiro atoms. The first-order valence-electron chi connectivity index (χ1n) is 7.32. The molecule has 1 aromatic carbocycles. The van der Waals surface area contributed by atoms with Crippen molar-refractivity contribution in [3.05, 3.63) is 39.9 Å². The summed E-state index contributed by atoms with van der Waals surface area (Å²) in [6.45, 7) is 3.58. The van der Waals surface area contributed by atoms with Gasteiger partial charge in [-0.2, -0.15) is 0 Å². The van der Waals surface area contributed by atoms with Crippen LogP contribution in [0.4, 0.5) is 5.69 Å². The number of aliphatic hydroxyl groups excluding tert-OH is 2. The fraction of sp³-hybridized carbons (Fsp3) is 0.467. The van der Waals surface area contributed by atoms with Gasteiger partial charge in [0, 0.05) is 18.6 Å². The molecule has 0 bridgehead atoms. The molecule has 0 fully saturated rings. The first-order chi connectivity index (χ1) is 11.1. The van der Waals surface area contributed by atoms with Gasteiger partial charge in [-0.25, -0.2) is 0 Å². The standard InChI is InChI=1S/C15H21N3O6/c1-8(2)7-11(19)14(21)17-15(22)12(16)13(20)9-3-5-10(6-4-9)18(23)24/h3-6,8,12-14,20-21H,7,16H2,1-2H3,(H,17,22)/t12-,13+,14+/m1/s1. The minimum Gasteiger partial charge on any atom is -0.386 e. The fourth-order valence-corrected chi connectivity index (χ4v) is 1.97. The Balaban J connectivity index is 2.70. The van der Waals surface area contributed by atoms with E-state index in [1.807, 2.05) is 5.32 Å². The normalized spacial score (nSPS) is 14.8. The van der Waals surface area contributed by atoms with Crippen LogP contribution >= 0.6 is 0 Å². The maximum Gasteiger partial charge on any atom is 0.269 e. The van der Waals surface area contributed by atoms with Gasteiger partial charge in [0.25, 0.3) is 5.69 Å². The molecular weight excluding hydrogens is 318 g/mol. The summed E-state index contributed by atoms with van der Waals surface area (Å²) in [6, 6.07) is 3.44. The monoisotopic (exact) mass is 339 g/mol. The number of nitro benzene ring substituents is 1. The summed E-state index contributed by atoms with van der Waals surface area (Å²) >= 11 is 0. The van der Waals surface area contributed by atoms with Gasteiger partial charge in [0.05, 0.1) is 4.92 Å². The van der Waals surface area contributed by atoms with Crippen molar-refractivity contribution in [1.82, 2.24) is 5.32 Å². The van der Waals surface area contributed by atoms with Crippen LogP contribution in [0, 0.1) is 16.0 Å². The van der Waals surface area contributed by atoms with Crippen molar-refractivity contribution in [3.63, 3.8) is 0 Å². The predicted octanol–water partition coefficient (Wildman–Crippen LogP) is 0.00530. The third-order valence-corrected chi connectivity index (χ3v) is 3.28. The third-order valence-electron chi connectivity index (χ3n) is 3.28. The van der Waals surface area contributed by atoms with E-state index in [1.165, 1.54) is 24.3 Å². The highest BCUT2D eigenvalue weighted by Crippen LogP contribution is 2.19. The smallest absolute Gasteiger partial charge is 0.269 e. The number of amides is 1. The molecule has 132 valence electrons. The lowest BCUT2D eigenvalue weighted by molar-refractivity contribution is -0.384. The van der Waals surface area contributed by atoms with E-state index in [0.29, 0.717) is 0 Å². The average Bonchev–Trinajstić information content (AvgIpc) is 2.52. The number of non-ortho nitro benzene ring substituents is 1. The van der Waals surface area contributed by atoms with Gasteiger partial charge in [-0.3, -0.25) is 19.7 Å². The lowest BCUT2D eigenvalue weighted by Gasteiger charge is -2.20. The molecule has 0 aliphatic heterocycles. The largest absolute Gasteiger partial charge is 0.386 e. The number of rotatable bonds is 8. The van der Waals surface area contributed by atoms with Gasteiger partial charge in [0.15, 0.2) is 12.0 Å². The maximum atomic E-state index is 11.9. The number of carbonyl (C=O) groups is 2. The second kappa shape index (κ2) is 8.48. The summed E-state index contributed by atoms with van der Waals surface area (Å²) in [5, 5.41) is 32.3. The number of benzene rings is 1. The molecule has 5 N–H and O–H groups in total. The number of nitrogens with two attached hydrogens (primary N) is 1. The molecule has 0 aromatic heterocycles. The first-order valence-corrected chi connectivity index (χ1v) is 7.32. The Morgan fingerprint density at radius 2 is 1.79 bits per heavy atom. The van der Waals surface area contributed by atoms with E-state index in [-0.39, 0.29) is 23.6 Å². The third kappa shape index (κ3) is 5.37. The summed E-state index contributed by atoms with van der Waals surface area (Å²) in [5.74, 6) is -1.45. The highest BCUT2D eigenvalue weighted by Gasteiger charge is 2.28. The first kappa shape index (κ1) is 19.7. The molecule has 0 radical (unpaired) electrons. The van der Waals surface area contributed by atoms with Crippen molar-refractivity contribution in [2.45, 2.75) is 38.6 Å². The molecule has 1 rings (SSSR count). The van der Waals surface area contributed by atoms with E-state index >= 15 is 0 Å². The van der Waals surface area contributed by atoms with Crippen LogP contribution in [0.25, 0.3) is 0 Å². The Bertz CT molecular complexity index is 602. The van der Waals surface area contributed by atoms with E-state index in [9.17, 15) is 29.9 Å².